The molecule has 0 saturated heterocycles. The van der Waals surface area contributed by atoms with Crippen molar-refractivity contribution < 1.29 is 9.47 Å². The fraction of sp³-hybridized carbons (Fsp3) is 0.318. The highest BCUT2D eigenvalue weighted by molar-refractivity contribution is 7.97. The molecule has 32 heavy (non-hydrogen) atoms. The van der Waals surface area contributed by atoms with Gasteiger partial charge in [-0.1, -0.05) is 6.07 Å². The summed E-state index contributed by atoms with van der Waals surface area (Å²) in [5, 5.41) is 7.86. The monoisotopic (exact) mass is 449 g/mol. The molecule has 0 saturated carbocycles. The minimum atomic E-state index is 0.538. The van der Waals surface area contributed by atoms with Crippen LogP contribution < -0.4 is 14.8 Å². The first kappa shape index (κ1) is 20.5. The largest absolute Gasteiger partial charge is 0.490 e. The third-order valence-electron chi connectivity index (χ3n) is 5.12. The topological polar surface area (TPSA) is 99.4 Å². The lowest BCUT2D eigenvalue weighted by molar-refractivity contribution is 0.297. The van der Waals surface area contributed by atoms with E-state index in [0.29, 0.717) is 31.5 Å². The van der Waals surface area contributed by atoms with Gasteiger partial charge in [-0.15, -0.1) is 5.10 Å². The highest BCUT2D eigenvalue weighted by Crippen LogP contribution is 2.30. The number of hydrogen-bond donors (Lipinski definition) is 1. The Morgan fingerprint density at radius 2 is 1.97 bits per heavy atom. The van der Waals surface area contributed by atoms with Gasteiger partial charge in [-0.2, -0.15) is 16.7 Å². The second-order valence-corrected chi connectivity index (χ2v) is 8.25. The van der Waals surface area contributed by atoms with E-state index >= 15 is 0 Å². The van der Waals surface area contributed by atoms with E-state index in [2.05, 4.69) is 30.4 Å². The number of anilines is 1. The summed E-state index contributed by atoms with van der Waals surface area (Å²) in [6.07, 6.45) is 6.44. The maximum atomic E-state index is 5.78. The van der Waals surface area contributed by atoms with E-state index in [4.69, 9.17) is 9.47 Å². The molecule has 0 fully saturated rings. The molecule has 4 aromatic rings. The molecule has 0 spiro atoms. The Hall–Kier alpha value is -3.40. The fourth-order valence-electron chi connectivity index (χ4n) is 3.52. The van der Waals surface area contributed by atoms with Gasteiger partial charge in [-0.05, 0) is 36.9 Å². The molecule has 9 nitrogen and oxygen atoms in total. The summed E-state index contributed by atoms with van der Waals surface area (Å²) in [6, 6.07) is 7.83. The Balaban J connectivity index is 1.36. The number of hydrogen-bond acceptors (Lipinski definition) is 9. The van der Waals surface area contributed by atoms with Gasteiger partial charge in [0.1, 0.15) is 0 Å². The van der Waals surface area contributed by atoms with Gasteiger partial charge in [0.15, 0.2) is 17.3 Å². The van der Waals surface area contributed by atoms with Gasteiger partial charge in [0.25, 0.3) is 5.78 Å². The van der Waals surface area contributed by atoms with Gasteiger partial charge in [0.05, 0.1) is 30.4 Å². The van der Waals surface area contributed by atoms with Crippen LogP contribution in [0.4, 0.5) is 5.95 Å². The number of fused-ring (bicyclic) bond motifs is 2. The van der Waals surface area contributed by atoms with Crippen LogP contribution in [0.25, 0.3) is 17.0 Å². The van der Waals surface area contributed by atoms with Crippen molar-refractivity contribution in [2.45, 2.75) is 25.6 Å². The average Bonchev–Trinajstić information content (AvgIpc) is 3.08. The van der Waals surface area contributed by atoms with Crippen LogP contribution in [0.3, 0.4) is 0 Å². The van der Waals surface area contributed by atoms with Crippen LogP contribution in [0.2, 0.25) is 0 Å². The van der Waals surface area contributed by atoms with Gasteiger partial charge in [-0.3, -0.25) is 0 Å². The second kappa shape index (κ2) is 8.99. The highest BCUT2D eigenvalue weighted by Gasteiger charge is 2.14. The molecule has 0 bridgehead atoms. The summed E-state index contributed by atoms with van der Waals surface area (Å²) in [5.74, 6) is 4.22. The van der Waals surface area contributed by atoms with Crippen molar-refractivity contribution in [1.29, 1.82) is 0 Å². The minimum absolute atomic E-state index is 0.538. The first-order chi connectivity index (χ1) is 15.7. The van der Waals surface area contributed by atoms with Gasteiger partial charge < -0.3 is 14.8 Å². The average molecular weight is 450 g/mol. The molecule has 3 aromatic heterocycles. The number of benzene rings is 1. The lowest BCUT2D eigenvalue weighted by atomic mass is 10.2. The molecular formula is C22H23N7O2S. The molecule has 4 heterocycles. The minimum Gasteiger partial charge on any atom is -0.490 e. The van der Waals surface area contributed by atoms with E-state index in [1.165, 1.54) is 0 Å². The van der Waals surface area contributed by atoms with E-state index in [1.54, 1.807) is 28.7 Å². The SMILES string of the molecule is CSCc1nc2ncc(-c3ccnc(NCc4ccc5c(c4)OCCCO5)n3)c(C)n2n1. The van der Waals surface area contributed by atoms with Crippen molar-refractivity contribution in [3.63, 3.8) is 0 Å². The third-order valence-corrected chi connectivity index (χ3v) is 5.66. The predicted octanol–water partition coefficient (Wildman–Crippen LogP) is 3.53. The molecule has 1 aromatic carbocycles. The van der Waals surface area contributed by atoms with Gasteiger partial charge >= 0.3 is 0 Å². The number of thioether (sulfide) groups is 1. The number of rotatable bonds is 6. The molecule has 0 unspecified atom stereocenters. The molecule has 1 aliphatic heterocycles. The van der Waals surface area contributed by atoms with Crippen molar-refractivity contribution in [2.24, 2.45) is 0 Å². The summed E-state index contributed by atoms with van der Waals surface area (Å²) in [6.45, 7) is 3.90. The maximum absolute atomic E-state index is 5.78. The van der Waals surface area contributed by atoms with E-state index in [9.17, 15) is 0 Å². The van der Waals surface area contributed by atoms with Crippen molar-refractivity contribution in [2.75, 3.05) is 24.8 Å². The van der Waals surface area contributed by atoms with Crippen LogP contribution in [0.1, 0.15) is 23.5 Å². The Bertz CT molecular complexity index is 1260. The molecule has 1 aliphatic rings. The molecule has 5 rings (SSSR count). The van der Waals surface area contributed by atoms with Gasteiger partial charge in [0.2, 0.25) is 5.95 Å². The summed E-state index contributed by atoms with van der Waals surface area (Å²) < 4.78 is 13.2. The Labute approximate surface area is 189 Å². The third kappa shape index (κ3) is 4.18. The quantitative estimate of drug-likeness (QED) is 0.474. The van der Waals surface area contributed by atoms with Crippen molar-refractivity contribution in [1.82, 2.24) is 29.5 Å². The number of aryl methyl sites for hydroxylation is 1. The Morgan fingerprint density at radius 1 is 1.09 bits per heavy atom. The molecule has 1 N–H and O–H groups in total. The van der Waals surface area contributed by atoms with Crippen LogP contribution in [0, 0.1) is 6.92 Å². The molecular weight excluding hydrogens is 426 g/mol. The lowest BCUT2D eigenvalue weighted by Gasteiger charge is -2.11. The van der Waals surface area contributed by atoms with Crippen LogP contribution in [-0.4, -0.2) is 49.0 Å². The van der Waals surface area contributed by atoms with Crippen LogP contribution in [0.5, 0.6) is 11.5 Å². The first-order valence-electron chi connectivity index (χ1n) is 10.4. The van der Waals surface area contributed by atoms with Crippen molar-refractivity contribution >= 4 is 23.5 Å². The second-order valence-electron chi connectivity index (χ2n) is 7.38. The summed E-state index contributed by atoms with van der Waals surface area (Å²) in [7, 11) is 0. The summed E-state index contributed by atoms with van der Waals surface area (Å²) in [4.78, 5) is 18.0. The van der Waals surface area contributed by atoms with Crippen LogP contribution >= 0.6 is 11.8 Å². The number of aromatic nitrogens is 6. The van der Waals surface area contributed by atoms with Crippen LogP contribution in [-0.2, 0) is 12.3 Å². The normalized spacial score (nSPS) is 13.2. The number of nitrogens with one attached hydrogen (secondary N) is 1. The maximum Gasteiger partial charge on any atom is 0.252 e. The van der Waals surface area contributed by atoms with Gasteiger partial charge in [0, 0.05) is 30.9 Å². The molecule has 0 aliphatic carbocycles. The van der Waals surface area contributed by atoms with E-state index in [1.807, 2.05) is 37.4 Å². The highest BCUT2D eigenvalue weighted by atomic mass is 32.2. The molecule has 0 amide bonds. The zero-order valence-electron chi connectivity index (χ0n) is 17.9. The summed E-state index contributed by atoms with van der Waals surface area (Å²) in [5.41, 5.74) is 3.66. The molecule has 164 valence electrons. The van der Waals surface area contributed by atoms with Crippen molar-refractivity contribution in [3.8, 4) is 22.8 Å². The Morgan fingerprint density at radius 3 is 2.84 bits per heavy atom. The summed E-state index contributed by atoms with van der Waals surface area (Å²) >= 11 is 1.68. The molecule has 0 radical (unpaired) electrons. The van der Waals surface area contributed by atoms with E-state index in [-0.39, 0.29) is 0 Å². The Kier molecular flexibility index (Phi) is 5.76. The molecule has 0 atom stereocenters. The first-order valence-corrected chi connectivity index (χ1v) is 11.8. The smallest absolute Gasteiger partial charge is 0.252 e. The van der Waals surface area contributed by atoms with Crippen LogP contribution in [0.15, 0.2) is 36.7 Å². The number of nitrogens with zero attached hydrogens (tertiary/aromatic N) is 6. The van der Waals surface area contributed by atoms with Gasteiger partial charge in [-0.25, -0.2) is 19.5 Å². The standard InChI is InChI=1S/C22H23N7O2S/c1-14-16(12-25-22-27-20(13-32-2)28-29(14)22)17-6-7-23-21(26-17)24-11-15-4-5-18-19(10-15)31-9-3-8-30-18/h4-7,10,12H,3,8-9,11,13H2,1-2H3,(H,23,24,26). The lowest BCUT2D eigenvalue weighted by Crippen LogP contribution is -2.05. The van der Waals surface area contributed by atoms with Crippen molar-refractivity contribution in [3.05, 3.63) is 53.7 Å². The zero-order chi connectivity index (χ0) is 21.9. The predicted molar refractivity (Wildman–Crippen MR) is 123 cm³/mol. The zero-order valence-corrected chi connectivity index (χ0v) is 18.7. The fourth-order valence-corrected chi connectivity index (χ4v) is 3.90. The van der Waals surface area contributed by atoms with E-state index < -0.39 is 0 Å². The number of ether oxygens (including phenoxy) is 2. The van der Waals surface area contributed by atoms with E-state index in [0.717, 1.165) is 52.0 Å². The molecule has 10 heteroatoms.